The van der Waals surface area contributed by atoms with E-state index in [9.17, 15) is 30.6 Å². The molecule has 2 saturated carbocycles. The molecule has 4 rings (SSSR count). The van der Waals surface area contributed by atoms with Crippen molar-refractivity contribution in [2.24, 2.45) is 0 Å². The number of benzene rings is 2. The first-order chi connectivity index (χ1) is 14.0. The van der Waals surface area contributed by atoms with Crippen LogP contribution in [0.5, 0.6) is 0 Å². The third kappa shape index (κ3) is 2.24. The van der Waals surface area contributed by atoms with Gasteiger partial charge in [-0.25, -0.2) is 0 Å². The Labute approximate surface area is 176 Å². The number of hydrogen-bond donors (Lipinski definition) is 6. The largest absolute Gasteiger partial charge is 0.394 e. The van der Waals surface area contributed by atoms with E-state index in [1.54, 1.807) is 24.3 Å². The third-order valence-corrected chi connectivity index (χ3v) is 7.75. The van der Waals surface area contributed by atoms with Crippen LogP contribution in [0.2, 0.25) is 0 Å². The molecular weight excluding hydrogens is 384 g/mol. The van der Waals surface area contributed by atoms with Crippen LogP contribution in [0, 0.1) is 27.7 Å². The molecule has 30 heavy (non-hydrogen) atoms. The highest BCUT2D eigenvalue weighted by Gasteiger charge is 2.93. The summed E-state index contributed by atoms with van der Waals surface area (Å²) in [5.41, 5.74) is -1.62. The highest BCUT2D eigenvalue weighted by molar-refractivity contribution is 5.56. The molecule has 7 atom stereocenters. The predicted molar refractivity (Wildman–Crippen MR) is 111 cm³/mol. The van der Waals surface area contributed by atoms with Crippen LogP contribution in [0.1, 0.15) is 45.2 Å². The molecule has 0 saturated heterocycles. The summed E-state index contributed by atoms with van der Waals surface area (Å²) in [7, 11) is 0. The van der Waals surface area contributed by atoms with E-state index < -0.39 is 47.5 Å². The number of aliphatic hydroxyl groups is 6. The van der Waals surface area contributed by atoms with Crippen molar-refractivity contribution in [3.05, 3.63) is 69.8 Å². The summed E-state index contributed by atoms with van der Waals surface area (Å²) in [4.78, 5) is 0. The lowest BCUT2D eigenvalue weighted by atomic mass is 9.30. The molecule has 162 valence electrons. The van der Waals surface area contributed by atoms with Crippen LogP contribution in [0.25, 0.3) is 0 Å². The average molecular weight is 414 g/mol. The molecule has 0 radical (unpaired) electrons. The summed E-state index contributed by atoms with van der Waals surface area (Å²) in [5, 5.41) is 65.9. The Morgan fingerprint density at radius 2 is 1.33 bits per heavy atom. The molecule has 0 spiro atoms. The van der Waals surface area contributed by atoms with Crippen LogP contribution in [0.3, 0.4) is 0 Å². The highest BCUT2D eigenvalue weighted by atomic mass is 16.5. The van der Waals surface area contributed by atoms with Gasteiger partial charge >= 0.3 is 0 Å². The van der Waals surface area contributed by atoms with Crippen molar-refractivity contribution in [2.45, 2.75) is 68.5 Å². The maximum atomic E-state index is 11.6. The van der Waals surface area contributed by atoms with Gasteiger partial charge in [0.1, 0.15) is 22.9 Å². The second-order valence-corrected chi connectivity index (χ2v) is 9.16. The molecule has 2 fully saturated rings. The highest BCUT2D eigenvalue weighted by Crippen LogP contribution is 2.75. The molecule has 0 bridgehead atoms. The molecule has 2 aliphatic carbocycles. The quantitative estimate of drug-likeness (QED) is 0.439. The van der Waals surface area contributed by atoms with Crippen LogP contribution in [0.4, 0.5) is 0 Å². The Morgan fingerprint density at radius 1 is 0.833 bits per heavy atom. The normalized spacial score (nSPS) is 38.4. The molecule has 0 aromatic heterocycles. The van der Waals surface area contributed by atoms with E-state index in [4.69, 9.17) is 0 Å². The maximum Gasteiger partial charge on any atom is 0.138 e. The number of fused-ring (bicyclic) bond motifs is 1. The fourth-order valence-electron chi connectivity index (χ4n) is 5.72. The zero-order chi connectivity index (χ0) is 22.2. The summed E-state index contributed by atoms with van der Waals surface area (Å²) >= 11 is 0. The Balaban J connectivity index is 1.87. The van der Waals surface area contributed by atoms with Gasteiger partial charge in [0.15, 0.2) is 0 Å². The molecule has 0 amide bonds. The first-order valence-electron chi connectivity index (χ1n) is 10.2. The summed E-state index contributed by atoms with van der Waals surface area (Å²) in [6.07, 6.45) is -3.07. The number of rotatable bonds is 4. The lowest BCUT2D eigenvalue weighted by Gasteiger charge is -2.80. The minimum absolute atomic E-state index is 0.484. The molecule has 2 aromatic carbocycles. The fourth-order valence-corrected chi connectivity index (χ4v) is 5.72. The molecule has 2 aliphatic rings. The van der Waals surface area contributed by atoms with Crippen molar-refractivity contribution in [1.29, 1.82) is 0 Å². The monoisotopic (exact) mass is 414 g/mol. The first kappa shape index (κ1) is 21.4. The van der Waals surface area contributed by atoms with Crippen LogP contribution in [-0.2, 0) is 0 Å². The van der Waals surface area contributed by atoms with E-state index in [1.807, 2.05) is 39.8 Å². The van der Waals surface area contributed by atoms with Crippen molar-refractivity contribution in [3.63, 3.8) is 0 Å². The Bertz CT molecular complexity index is 1000. The lowest BCUT2D eigenvalue weighted by Crippen LogP contribution is -2.99. The standard InChI is InChI=1S/C24H30O6/c1-12-5-7-16(9-14(12)3)19-21(27)23(29)20(17-8-6-13(2)15(4)10-17)22(28,18(26)11-25)24(19,23)30/h5-10,18-21,25-30H,11H2,1-4H3. The van der Waals surface area contributed by atoms with Gasteiger partial charge in [-0.15, -0.1) is 0 Å². The van der Waals surface area contributed by atoms with Gasteiger partial charge in [0, 0.05) is 5.92 Å². The van der Waals surface area contributed by atoms with E-state index in [0.29, 0.717) is 11.1 Å². The second kappa shape index (κ2) is 6.60. The van der Waals surface area contributed by atoms with E-state index in [-0.39, 0.29) is 0 Å². The predicted octanol–water partition coefficient (Wildman–Crippen LogP) is 0.722. The Kier molecular flexibility index (Phi) is 4.71. The molecule has 0 aliphatic heterocycles. The number of aryl methyl sites for hydroxylation is 4. The van der Waals surface area contributed by atoms with Gasteiger partial charge < -0.3 is 30.6 Å². The van der Waals surface area contributed by atoms with Crippen LogP contribution < -0.4 is 0 Å². The third-order valence-electron chi connectivity index (χ3n) is 7.75. The summed E-state index contributed by atoms with van der Waals surface area (Å²) in [6, 6.07) is 10.7. The topological polar surface area (TPSA) is 121 Å². The Morgan fingerprint density at radius 3 is 1.83 bits per heavy atom. The van der Waals surface area contributed by atoms with Gasteiger partial charge in [0.2, 0.25) is 0 Å². The van der Waals surface area contributed by atoms with Crippen LogP contribution in [-0.4, -0.2) is 66.3 Å². The molecule has 0 heterocycles. The smallest absolute Gasteiger partial charge is 0.138 e. The molecule has 6 N–H and O–H groups in total. The second-order valence-electron chi connectivity index (χ2n) is 9.16. The van der Waals surface area contributed by atoms with Gasteiger partial charge in [-0.05, 0) is 61.1 Å². The SMILES string of the molecule is Cc1ccc(C2C(O)(C(O)CO)C3(O)C(c4ccc(C)c(C)c4)C(O)C23O)cc1C. The van der Waals surface area contributed by atoms with Gasteiger partial charge in [0.05, 0.1) is 18.6 Å². The van der Waals surface area contributed by atoms with Gasteiger partial charge in [-0.2, -0.15) is 0 Å². The van der Waals surface area contributed by atoms with Crippen LogP contribution >= 0.6 is 0 Å². The van der Waals surface area contributed by atoms with Crippen molar-refractivity contribution in [1.82, 2.24) is 0 Å². The zero-order valence-electron chi connectivity index (χ0n) is 17.7. The van der Waals surface area contributed by atoms with E-state index in [1.165, 1.54) is 0 Å². The van der Waals surface area contributed by atoms with Gasteiger partial charge in [0.25, 0.3) is 0 Å². The summed E-state index contributed by atoms with van der Waals surface area (Å²) in [5.74, 6) is -2.19. The number of aliphatic hydroxyl groups excluding tert-OH is 3. The van der Waals surface area contributed by atoms with E-state index >= 15 is 0 Å². The molecule has 2 aromatic rings. The van der Waals surface area contributed by atoms with Crippen LogP contribution in [0.15, 0.2) is 36.4 Å². The Hall–Kier alpha value is -1.80. The first-order valence-corrected chi connectivity index (χ1v) is 10.2. The summed E-state index contributed by atoms with van der Waals surface area (Å²) < 4.78 is 0. The molecular formula is C24H30O6. The van der Waals surface area contributed by atoms with Gasteiger partial charge in [-0.1, -0.05) is 36.4 Å². The minimum Gasteiger partial charge on any atom is -0.394 e. The fraction of sp³-hybridized carbons (Fsp3) is 0.500. The zero-order valence-corrected chi connectivity index (χ0v) is 17.7. The number of hydrogen-bond acceptors (Lipinski definition) is 6. The summed E-state index contributed by atoms with van der Waals surface area (Å²) in [6.45, 7) is 6.84. The lowest BCUT2D eigenvalue weighted by molar-refractivity contribution is -0.459. The molecule has 6 nitrogen and oxygen atoms in total. The molecule has 6 heteroatoms. The van der Waals surface area contributed by atoms with Gasteiger partial charge in [-0.3, -0.25) is 0 Å². The molecule has 7 unspecified atom stereocenters. The minimum atomic E-state index is -2.25. The van der Waals surface area contributed by atoms with Crippen molar-refractivity contribution in [3.8, 4) is 0 Å². The van der Waals surface area contributed by atoms with Crippen molar-refractivity contribution in [2.75, 3.05) is 6.61 Å². The average Bonchev–Trinajstić information content (AvgIpc) is 2.72. The van der Waals surface area contributed by atoms with E-state index in [0.717, 1.165) is 22.3 Å². The van der Waals surface area contributed by atoms with Crippen molar-refractivity contribution >= 4 is 0 Å². The van der Waals surface area contributed by atoms with E-state index in [2.05, 4.69) is 0 Å². The van der Waals surface area contributed by atoms with Crippen molar-refractivity contribution < 1.29 is 30.6 Å². The maximum absolute atomic E-state index is 11.6.